The van der Waals surface area contributed by atoms with Gasteiger partial charge in [0.15, 0.2) is 5.75 Å². The molecule has 2 aromatic carbocycles. The number of rotatable bonds is 8. The first kappa shape index (κ1) is 25.6. The number of carbonyl (C=O) groups excluding carboxylic acids is 1. The first-order valence-corrected chi connectivity index (χ1v) is 12.8. The van der Waals surface area contributed by atoms with Gasteiger partial charge in [0.2, 0.25) is 6.41 Å². The van der Waals surface area contributed by atoms with E-state index in [1.807, 2.05) is 0 Å². The number of aromatic nitrogens is 1. The van der Waals surface area contributed by atoms with Crippen molar-refractivity contribution in [3.05, 3.63) is 67.8 Å². The molecule has 0 radical (unpaired) electrons. The van der Waals surface area contributed by atoms with E-state index in [0.717, 1.165) is 0 Å². The SMILES string of the molecule is CCN(C=O)c1c(Oc2cncc(Cl)c2)ccc(NS(=O)(=O)c2cc(C)c(Cl)cc2Cl)c1Br. The molecule has 0 fully saturated rings. The highest BCUT2D eigenvalue weighted by Crippen LogP contribution is 2.43. The number of nitrogens with one attached hydrogen (secondary N) is 1. The zero-order valence-corrected chi connectivity index (χ0v) is 21.9. The number of nitrogens with zero attached hydrogens (tertiary/aromatic N) is 2. The summed E-state index contributed by atoms with van der Waals surface area (Å²) >= 11 is 21.6. The summed E-state index contributed by atoms with van der Waals surface area (Å²) < 4.78 is 34.8. The highest BCUT2D eigenvalue weighted by molar-refractivity contribution is 9.10. The molecule has 1 aromatic heterocycles. The fourth-order valence-electron chi connectivity index (χ4n) is 2.87. The van der Waals surface area contributed by atoms with E-state index in [2.05, 4.69) is 25.6 Å². The van der Waals surface area contributed by atoms with Gasteiger partial charge in [-0.15, -0.1) is 0 Å². The highest BCUT2D eigenvalue weighted by Gasteiger charge is 2.24. The molecule has 3 rings (SSSR count). The topological polar surface area (TPSA) is 88.6 Å². The number of hydrogen-bond acceptors (Lipinski definition) is 5. The second-order valence-electron chi connectivity index (χ2n) is 6.74. The van der Waals surface area contributed by atoms with Crippen LogP contribution in [0.2, 0.25) is 15.1 Å². The molecule has 7 nitrogen and oxygen atoms in total. The van der Waals surface area contributed by atoms with Gasteiger partial charge >= 0.3 is 0 Å². The fourth-order valence-corrected chi connectivity index (χ4v) is 5.73. The van der Waals surface area contributed by atoms with Crippen LogP contribution in [-0.2, 0) is 14.8 Å². The molecule has 1 N–H and O–H groups in total. The lowest BCUT2D eigenvalue weighted by atomic mass is 10.2. The maximum atomic E-state index is 13.1. The average molecular weight is 594 g/mol. The van der Waals surface area contributed by atoms with Crippen LogP contribution in [0.25, 0.3) is 0 Å². The summed E-state index contributed by atoms with van der Waals surface area (Å²) in [6.45, 7) is 3.73. The van der Waals surface area contributed by atoms with Crippen molar-refractivity contribution < 1.29 is 17.9 Å². The number of sulfonamides is 1. The fraction of sp³-hybridized carbons (Fsp3) is 0.143. The quantitative estimate of drug-likeness (QED) is 0.294. The van der Waals surface area contributed by atoms with E-state index in [4.69, 9.17) is 39.5 Å². The molecular weight excluding hydrogens is 577 g/mol. The maximum Gasteiger partial charge on any atom is 0.263 e. The molecule has 3 aromatic rings. The van der Waals surface area contributed by atoms with Crippen molar-refractivity contribution in [3.63, 3.8) is 0 Å². The first-order valence-electron chi connectivity index (χ1n) is 9.38. The third kappa shape index (κ3) is 5.73. The number of hydrogen-bond donors (Lipinski definition) is 1. The van der Waals surface area contributed by atoms with Crippen LogP contribution >= 0.6 is 50.7 Å². The number of carbonyl (C=O) groups is 1. The van der Waals surface area contributed by atoms with Gasteiger partial charge in [-0.25, -0.2) is 8.42 Å². The Morgan fingerprint density at radius 2 is 1.88 bits per heavy atom. The van der Waals surface area contributed by atoms with E-state index in [9.17, 15) is 13.2 Å². The van der Waals surface area contributed by atoms with Gasteiger partial charge in [-0.3, -0.25) is 14.5 Å². The number of pyridine rings is 1. The van der Waals surface area contributed by atoms with Crippen LogP contribution in [0, 0.1) is 6.92 Å². The van der Waals surface area contributed by atoms with Crippen molar-refractivity contribution >= 4 is 78.5 Å². The van der Waals surface area contributed by atoms with E-state index in [1.165, 1.54) is 41.6 Å². The lowest BCUT2D eigenvalue weighted by Gasteiger charge is -2.23. The van der Waals surface area contributed by atoms with Crippen molar-refractivity contribution in [2.45, 2.75) is 18.7 Å². The molecule has 0 atom stereocenters. The van der Waals surface area contributed by atoms with Crippen LogP contribution in [0.1, 0.15) is 12.5 Å². The van der Waals surface area contributed by atoms with Gasteiger partial charge < -0.3 is 9.64 Å². The number of halogens is 4. The summed E-state index contributed by atoms with van der Waals surface area (Å²) in [5, 5.41) is 0.699. The van der Waals surface area contributed by atoms with Crippen molar-refractivity contribution in [2.24, 2.45) is 0 Å². The second kappa shape index (κ2) is 10.5. The zero-order valence-electron chi connectivity index (χ0n) is 17.3. The number of aryl methyl sites for hydroxylation is 1. The van der Waals surface area contributed by atoms with E-state index >= 15 is 0 Å². The Morgan fingerprint density at radius 3 is 2.52 bits per heavy atom. The van der Waals surface area contributed by atoms with Gasteiger partial charge in [0.25, 0.3) is 10.0 Å². The second-order valence-corrected chi connectivity index (χ2v) is 10.4. The minimum atomic E-state index is -4.08. The third-order valence-electron chi connectivity index (χ3n) is 4.49. The largest absolute Gasteiger partial charge is 0.453 e. The number of benzene rings is 2. The maximum absolute atomic E-state index is 13.1. The number of ether oxygens (including phenoxy) is 1. The lowest BCUT2D eigenvalue weighted by Crippen LogP contribution is -2.22. The Balaban J connectivity index is 2.07. The average Bonchev–Trinajstić information content (AvgIpc) is 2.75. The van der Waals surface area contributed by atoms with Crippen molar-refractivity contribution in [3.8, 4) is 11.5 Å². The zero-order chi connectivity index (χ0) is 24.3. The minimum Gasteiger partial charge on any atom is -0.453 e. The summed E-state index contributed by atoms with van der Waals surface area (Å²) in [5.41, 5.74) is 1.04. The van der Waals surface area contributed by atoms with Gasteiger partial charge in [-0.05, 0) is 59.6 Å². The minimum absolute atomic E-state index is 0.0223. The first-order chi connectivity index (χ1) is 15.6. The van der Waals surface area contributed by atoms with E-state index in [0.29, 0.717) is 40.0 Å². The van der Waals surface area contributed by atoms with Gasteiger partial charge in [0.1, 0.15) is 16.3 Å². The van der Waals surface area contributed by atoms with E-state index < -0.39 is 10.0 Å². The predicted octanol–water partition coefficient (Wildman–Crippen LogP) is 6.69. The summed E-state index contributed by atoms with van der Waals surface area (Å²) in [6, 6.07) is 7.34. The number of amides is 1. The van der Waals surface area contributed by atoms with Gasteiger partial charge in [0.05, 0.1) is 26.4 Å². The molecule has 0 saturated heterocycles. The predicted molar refractivity (Wildman–Crippen MR) is 135 cm³/mol. The van der Waals surface area contributed by atoms with Crippen molar-refractivity contribution in [1.29, 1.82) is 0 Å². The standard InChI is InChI=1S/C21H17BrCl3N3O4S/c1-3-28(11-29)21-18(32-14-7-13(23)9-26-10-14)5-4-17(20(21)22)27-33(30,31)19-6-12(2)15(24)8-16(19)25/h4-11,27H,3H2,1-2H3. The van der Waals surface area contributed by atoms with Crippen LogP contribution in [-0.4, -0.2) is 26.4 Å². The molecular formula is C21H17BrCl3N3O4S. The summed E-state index contributed by atoms with van der Waals surface area (Å²) in [6.07, 6.45) is 3.53. The molecule has 0 spiro atoms. The molecule has 0 aliphatic rings. The molecule has 0 aliphatic carbocycles. The summed E-state index contributed by atoms with van der Waals surface area (Å²) in [5.74, 6) is 0.623. The smallest absolute Gasteiger partial charge is 0.263 e. The van der Waals surface area contributed by atoms with Crippen LogP contribution in [0.3, 0.4) is 0 Å². The Kier molecular flexibility index (Phi) is 8.13. The normalized spacial score (nSPS) is 11.2. The summed E-state index contributed by atoms with van der Waals surface area (Å²) in [7, 11) is -4.08. The molecule has 0 saturated carbocycles. The van der Waals surface area contributed by atoms with Gasteiger partial charge in [0, 0.05) is 23.8 Å². The van der Waals surface area contributed by atoms with Gasteiger partial charge in [-0.2, -0.15) is 0 Å². The van der Waals surface area contributed by atoms with Gasteiger partial charge in [-0.1, -0.05) is 34.8 Å². The number of anilines is 2. The Bertz CT molecular complexity index is 1320. The molecule has 0 aliphatic heterocycles. The molecule has 1 heterocycles. The Hall–Kier alpha value is -2.04. The monoisotopic (exact) mass is 591 g/mol. The molecule has 1 amide bonds. The van der Waals surface area contributed by atoms with Crippen LogP contribution in [0.4, 0.5) is 11.4 Å². The highest BCUT2D eigenvalue weighted by atomic mass is 79.9. The third-order valence-corrected chi connectivity index (χ3v) is 7.74. The molecule has 33 heavy (non-hydrogen) atoms. The van der Waals surface area contributed by atoms with Crippen molar-refractivity contribution in [1.82, 2.24) is 4.98 Å². The van der Waals surface area contributed by atoms with Crippen LogP contribution in [0.15, 0.2) is 52.1 Å². The Labute approximate surface area is 214 Å². The molecule has 174 valence electrons. The molecule has 0 unspecified atom stereocenters. The lowest BCUT2D eigenvalue weighted by molar-refractivity contribution is -0.107. The van der Waals surface area contributed by atoms with E-state index in [1.54, 1.807) is 19.9 Å². The summed E-state index contributed by atoms with van der Waals surface area (Å²) in [4.78, 5) is 16.9. The molecule has 12 heteroatoms. The van der Waals surface area contributed by atoms with E-state index in [-0.39, 0.29) is 25.8 Å². The van der Waals surface area contributed by atoms with Crippen molar-refractivity contribution in [2.75, 3.05) is 16.2 Å². The Morgan fingerprint density at radius 1 is 1.15 bits per heavy atom. The molecule has 0 bridgehead atoms. The van der Waals surface area contributed by atoms with Crippen LogP contribution < -0.4 is 14.4 Å². The van der Waals surface area contributed by atoms with Crippen LogP contribution in [0.5, 0.6) is 11.5 Å².